The Bertz CT molecular complexity index is 652. The maximum Gasteiger partial charge on any atom is 0.421 e. The van der Waals surface area contributed by atoms with Crippen molar-refractivity contribution >= 4 is 17.1 Å². The van der Waals surface area contributed by atoms with E-state index in [4.69, 9.17) is 4.42 Å². The molecule has 0 unspecified atom stereocenters. The second-order valence-corrected chi connectivity index (χ2v) is 4.83. The first-order chi connectivity index (χ1) is 9.24. The molecule has 100 valence electrons. The lowest BCUT2D eigenvalue weighted by Gasteiger charge is -2.11. The van der Waals surface area contributed by atoms with Gasteiger partial charge >= 0.3 is 5.76 Å². The van der Waals surface area contributed by atoms with Crippen molar-refractivity contribution in [2.75, 3.05) is 0 Å². The molecule has 6 nitrogen and oxygen atoms in total. The van der Waals surface area contributed by atoms with Crippen molar-refractivity contribution in [2.45, 2.75) is 38.3 Å². The fraction of sp³-hybridized carbons (Fsp3) is 0.462. The Balaban J connectivity index is 1.79. The molecule has 2 aromatic rings. The molecule has 0 aromatic carbocycles. The zero-order chi connectivity index (χ0) is 13.2. The van der Waals surface area contributed by atoms with Crippen molar-refractivity contribution in [3.63, 3.8) is 0 Å². The Morgan fingerprint density at radius 2 is 2.26 bits per heavy atom. The summed E-state index contributed by atoms with van der Waals surface area (Å²) in [5.74, 6) is -0.711. The van der Waals surface area contributed by atoms with E-state index in [1.54, 1.807) is 18.3 Å². The molecule has 0 aliphatic heterocycles. The highest BCUT2D eigenvalue weighted by Gasteiger charge is 2.19. The molecule has 0 saturated heterocycles. The summed E-state index contributed by atoms with van der Waals surface area (Å²) in [6.45, 7) is -0.0423. The quantitative estimate of drug-likeness (QED) is 0.895. The molecule has 1 aliphatic carbocycles. The second-order valence-electron chi connectivity index (χ2n) is 4.83. The Morgan fingerprint density at radius 1 is 1.47 bits per heavy atom. The van der Waals surface area contributed by atoms with Crippen LogP contribution in [0.4, 0.5) is 0 Å². The summed E-state index contributed by atoms with van der Waals surface area (Å²) in [4.78, 5) is 27.7. The summed E-state index contributed by atoms with van der Waals surface area (Å²) in [5, 5.41) is 2.94. The van der Waals surface area contributed by atoms with E-state index in [1.807, 2.05) is 0 Å². The van der Waals surface area contributed by atoms with Gasteiger partial charge in [-0.2, -0.15) is 0 Å². The molecule has 1 aliphatic rings. The van der Waals surface area contributed by atoms with Gasteiger partial charge in [0.1, 0.15) is 6.54 Å². The van der Waals surface area contributed by atoms with Crippen LogP contribution < -0.4 is 11.1 Å². The fourth-order valence-corrected chi connectivity index (χ4v) is 2.53. The number of aromatic nitrogens is 2. The molecule has 0 bridgehead atoms. The molecular weight excluding hydrogens is 246 g/mol. The van der Waals surface area contributed by atoms with Crippen LogP contribution in [0.25, 0.3) is 11.2 Å². The molecule has 0 spiro atoms. The molecule has 1 N–H and O–H groups in total. The van der Waals surface area contributed by atoms with Gasteiger partial charge in [-0.1, -0.05) is 12.8 Å². The first-order valence-corrected chi connectivity index (χ1v) is 6.48. The third-order valence-electron chi connectivity index (χ3n) is 3.45. The summed E-state index contributed by atoms with van der Waals surface area (Å²) in [5.41, 5.74) is 0.815. The first kappa shape index (κ1) is 12.0. The lowest BCUT2D eigenvalue weighted by molar-refractivity contribution is -0.122. The van der Waals surface area contributed by atoms with Crippen molar-refractivity contribution in [3.8, 4) is 0 Å². The van der Waals surface area contributed by atoms with Crippen LogP contribution in [0.5, 0.6) is 0 Å². The largest absolute Gasteiger partial charge is 0.421 e. The summed E-state index contributed by atoms with van der Waals surface area (Å²) in [7, 11) is 0. The average molecular weight is 261 g/mol. The van der Waals surface area contributed by atoms with E-state index in [-0.39, 0.29) is 18.5 Å². The number of nitrogens with one attached hydrogen (secondary N) is 1. The predicted molar refractivity (Wildman–Crippen MR) is 68.7 cm³/mol. The van der Waals surface area contributed by atoms with Crippen LogP contribution in [-0.4, -0.2) is 21.5 Å². The molecular formula is C13H15N3O3. The highest BCUT2D eigenvalue weighted by molar-refractivity contribution is 5.78. The maximum atomic E-state index is 11.9. The van der Waals surface area contributed by atoms with Gasteiger partial charge in [0.25, 0.3) is 0 Å². The fourth-order valence-electron chi connectivity index (χ4n) is 2.53. The van der Waals surface area contributed by atoms with Gasteiger partial charge < -0.3 is 9.73 Å². The van der Waals surface area contributed by atoms with E-state index in [0.717, 1.165) is 25.7 Å². The zero-order valence-electron chi connectivity index (χ0n) is 10.5. The van der Waals surface area contributed by atoms with Gasteiger partial charge in [0, 0.05) is 12.2 Å². The van der Waals surface area contributed by atoms with Crippen molar-refractivity contribution in [2.24, 2.45) is 0 Å². The topological polar surface area (TPSA) is 77.1 Å². The third kappa shape index (κ3) is 2.38. The Morgan fingerprint density at radius 3 is 3.05 bits per heavy atom. The van der Waals surface area contributed by atoms with Crippen molar-refractivity contribution < 1.29 is 9.21 Å². The molecule has 2 aromatic heterocycles. The summed E-state index contributed by atoms with van der Waals surface area (Å²) in [6.07, 6.45) is 5.92. The SMILES string of the molecule is O=C(Cn1c(=O)oc2cccnc21)NC1CCCC1. The minimum atomic E-state index is -0.546. The van der Waals surface area contributed by atoms with Crippen molar-refractivity contribution in [1.82, 2.24) is 14.9 Å². The minimum absolute atomic E-state index is 0.0423. The van der Waals surface area contributed by atoms with E-state index in [1.165, 1.54) is 4.57 Å². The highest BCUT2D eigenvalue weighted by Crippen LogP contribution is 2.17. The van der Waals surface area contributed by atoms with Gasteiger partial charge in [-0.3, -0.25) is 4.79 Å². The van der Waals surface area contributed by atoms with Crippen LogP contribution in [0.1, 0.15) is 25.7 Å². The van der Waals surface area contributed by atoms with Crippen LogP contribution >= 0.6 is 0 Å². The summed E-state index contributed by atoms with van der Waals surface area (Å²) in [6, 6.07) is 3.60. The van der Waals surface area contributed by atoms with E-state index in [0.29, 0.717) is 11.2 Å². The van der Waals surface area contributed by atoms with E-state index in [9.17, 15) is 9.59 Å². The normalized spacial score (nSPS) is 16.0. The molecule has 19 heavy (non-hydrogen) atoms. The van der Waals surface area contributed by atoms with Crippen molar-refractivity contribution in [1.29, 1.82) is 0 Å². The number of oxazole rings is 1. The predicted octanol–water partition coefficient (Wildman–Crippen LogP) is 1.05. The van der Waals surface area contributed by atoms with E-state index in [2.05, 4.69) is 10.3 Å². The second kappa shape index (κ2) is 4.87. The zero-order valence-corrected chi connectivity index (χ0v) is 10.5. The van der Waals surface area contributed by atoms with Gasteiger partial charge in [0.15, 0.2) is 11.2 Å². The Kier molecular flexibility index (Phi) is 3.06. The smallest absolute Gasteiger partial charge is 0.406 e. The standard InChI is InChI=1S/C13H15N3O3/c17-11(15-9-4-1-2-5-9)8-16-12-10(19-13(16)18)6-3-7-14-12/h3,6-7,9H,1-2,4-5,8H2,(H,15,17). The van der Waals surface area contributed by atoms with Gasteiger partial charge in [0.05, 0.1) is 0 Å². The molecule has 1 fully saturated rings. The number of carbonyl (C=O) groups is 1. The van der Waals surface area contributed by atoms with E-state index < -0.39 is 5.76 Å². The number of pyridine rings is 1. The van der Waals surface area contributed by atoms with E-state index >= 15 is 0 Å². The Labute approximate surface area is 109 Å². The van der Waals surface area contributed by atoms with Crippen LogP contribution in [0.15, 0.2) is 27.5 Å². The highest BCUT2D eigenvalue weighted by atomic mass is 16.4. The first-order valence-electron chi connectivity index (χ1n) is 6.48. The van der Waals surface area contributed by atoms with Gasteiger partial charge in [-0.25, -0.2) is 14.3 Å². The number of rotatable bonds is 3. The summed E-state index contributed by atoms with van der Waals surface area (Å²) < 4.78 is 6.30. The molecule has 1 amide bonds. The number of amides is 1. The Hall–Kier alpha value is -2.11. The molecule has 6 heteroatoms. The number of hydrogen-bond acceptors (Lipinski definition) is 4. The van der Waals surface area contributed by atoms with Crippen LogP contribution in [0.2, 0.25) is 0 Å². The number of nitrogens with zero attached hydrogens (tertiary/aromatic N) is 2. The van der Waals surface area contributed by atoms with Crippen LogP contribution in [0, 0.1) is 0 Å². The summed E-state index contributed by atoms with van der Waals surface area (Å²) >= 11 is 0. The lowest BCUT2D eigenvalue weighted by atomic mass is 10.2. The minimum Gasteiger partial charge on any atom is -0.406 e. The third-order valence-corrected chi connectivity index (χ3v) is 3.45. The average Bonchev–Trinajstić information content (AvgIpc) is 2.99. The van der Waals surface area contributed by atoms with Crippen molar-refractivity contribution in [3.05, 3.63) is 28.9 Å². The maximum absolute atomic E-state index is 11.9. The number of carbonyl (C=O) groups excluding carboxylic acids is 1. The van der Waals surface area contributed by atoms with Gasteiger partial charge in [-0.15, -0.1) is 0 Å². The number of fused-ring (bicyclic) bond motifs is 1. The monoisotopic (exact) mass is 261 g/mol. The van der Waals surface area contributed by atoms with Gasteiger partial charge in [-0.05, 0) is 25.0 Å². The molecule has 0 radical (unpaired) electrons. The van der Waals surface area contributed by atoms with Gasteiger partial charge in [0.2, 0.25) is 5.91 Å². The lowest BCUT2D eigenvalue weighted by Crippen LogP contribution is -2.36. The van der Waals surface area contributed by atoms with Crippen LogP contribution in [0.3, 0.4) is 0 Å². The molecule has 3 rings (SSSR count). The van der Waals surface area contributed by atoms with Crippen LogP contribution in [-0.2, 0) is 11.3 Å². The molecule has 0 atom stereocenters. The molecule has 1 saturated carbocycles. The molecule has 2 heterocycles. The number of hydrogen-bond donors (Lipinski definition) is 1.